The number of hydrogen-bond acceptors (Lipinski definition) is 4. The Kier molecular flexibility index (Phi) is 2.49. The Morgan fingerprint density at radius 3 is 3.07 bits per heavy atom. The number of aromatic nitrogens is 1. The van der Waals surface area contributed by atoms with E-state index in [1.165, 1.54) is 0 Å². The van der Waals surface area contributed by atoms with Gasteiger partial charge in [-0.1, -0.05) is 5.16 Å². The van der Waals surface area contributed by atoms with Crippen molar-refractivity contribution in [2.45, 2.75) is 13.5 Å². The molecule has 2 N–H and O–H groups in total. The second-order valence-electron chi connectivity index (χ2n) is 3.51. The van der Waals surface area contributed by atoms with Crippen molar-refractivity contribution in [3.63, 3.8) is 0 Å². The molecular formula is C9H13N3O2. The molecule has 1 fully saturated rings. The highest BCUT2D eigenvalue weighted by Crippen LogP contribution is 2.04. The molecule has 0 atom stereocenters. The number of amides is 1. The van der Waals surface area contributed by atoms with E-state index in [0.29, 0.717) is 12.3 Å². The number of hydrogen-bond donors (Lipinski definition) is 2. The molecule has 76 valence electrons. The summed E-state index contributed by atoms with van der Waals surface area (Å²) >= 11 is 0. The predicted molar refractivity (Wildman–Crippen MR) is 49.4 cm³/mol. The van der Waals surface area contributed by atoms with Gasteiger partial charge in [0.2, 0.25) is 5.91 Å². The van der Waals surface area contributed by atoms with Crippen molar-refractivity contribution >= 4 is 5.91 Å². The summed E-state index contributed by atoms with van der Waals surface area (Å²) in [5.41, 5.74) is 0.833. The van der Waals surface area contributed by atoms with Crippen molar-refractivity contribution in [1.29, 1.82) is 0 Å². The summed E-state index contributed by atoms with van der Waals surface area (Å²) in [6, 6.07) is 1.82. The van der Waals surface area contributed by atoms with Crippen molar-refractivity contribution in [2.24, 2.45) is 5.92 Å². The van der Waals surface area contributed by atoms with Crippen LogP contribution in [0.4, 0.5) is 0 Å². The number of nitrogens with zero attached hydrogens (tertiary/aromatic N) is 1. The van der Waals surface area contributed by atoms with Crippen LogP contribution in [-0.4, -0.2) is 24.2 Å². The van der Waals surface area contributed by atoms with Crippen LogP contribution in [0.25, 0.3) is 0 Å². The number of nitrogens with one attached hydrogen (secondary N) is 2. The molecule has 0 radical (unpaired) electrons. The zero-order valence-corrected chi connectivity index (χ0v) is 8.04. The van der Waals surface area contributed by atoms with Crippen LogP contribution < -0.4 is 10.6 Å². The molecule has 14 heavy (non-hydrogen) atoms. The number of carbonyl (C=O) groups excluding carboxylic acids is 1. The molecule has 1 aliphatic rings. The summed E-state index contributed by atoms with van der Waals surface area (Å²) in [5.74, 6) is 0.903. The molecule has 0 aromatic carbocycles. The lowest BCUT2D eigenvalue weighted by Gasteiger charge is -2.25. The second kappa shape index (κ2) is 3.79. The smallest absolute Gasteiger partial charge is 0.226 e. The van der Waals surface area contributed by atoms with Gasteiger partial charge >= 0.3 is 0 Å². The summed E-state index contributed by atoms with van der Waals surface area (Å²) < 4.78 is 4.97. The Labute approximate surface area is 81.8 Å². The standard InChI is InChI=1S/C9H13N3O2/c1-6-2-8(14-12-6)5-11-9(13)7-3-10-4-7/h2,7,10H,3-5H2,1H3,(H,11,13). The summed E-state index contributed by atoms with van der Waals surface area (Å²) in [5, 5.41) is 9.58. The molecule has 2 heterocycles. The van der Waals surface area contributed by atoms with E-state index in [4.69, 9.17) is 4.52 Å². The molecule has 5 heteroatoms. The SMILES string of the molecule is Cc1cc(CNC(=O)C2CNC2)on1. The largest absolute Gasteiger partial charge is 0.359 e. The van der Waals surface area contributed by atoms with Gasteiger partial charge in [-0.05, 0) is 6.92 Å². The molecule has 0 bridgehead atoms. The van der Waals surface area contributed by atoms with E-state index >= 15 is 0 Å². The van der Waals surface area contributed by atoms with Crippen LogP contribution >= 0.6 is 0 Å². The zero-order chi connectivity index (χ0) is 9.97. The molecule has 0 aliphatic carbocycles. The Hall–Kier alpha value is -1.36. The highest BCUT2D eigenvalue weighted by atomic mass is 16.5. The summed E-state index contributed by atoms with van der Waals surface area (Å²) in [7, 11) is 0. The van der Waals surface area contributed by atoms with E-state index in [2.05, 4.69) is 15.8 Å². The van der Waals surface area contributed by atoms with Crippen molar-refractivity contribution < 1.29 is 9.32 Å². The highest BCUT2D eigenvalue weighted by Gasteiger charge is 2.24. The van der Waals surface area contributed by atoms with E-state index in [0.717, 1.165) is 18.8 Å². The van der Waals surface area contributed by atoms with Crippen LogP contribution in [0, 0.1) is 12.8 Å². The third-order valence-corrected chi connectivity index (χ3v) is 2.27. The van der Waals surface area contributed by atoms with Crippen molar-refractivity contribution in [1.82, 2.24) is 15.8 Å². The molecule has 1 aromatic heterocycles. The van der Waals surface area contributed by atoms with Gasteiger partial charge in [-0.15, -0.1) is 0 Å². The maximum absolute atomic E-state index is 11.4. The van der Waals surface area contributed by atoms with E-state index in [1.54, 1.807) is 0 Å². The summed E-state index contributed by atoms with van der Waals surface area (Å²) in [6.45, 7) is 3.84. The first kappa shape index (κ1) is 9.21. The van der Waals surface area contributed by atoms with Gasteiger partial charge in [0.1, 0.15) is 0 Å². The quantitative estimate of drug-likeness (QED) is 0.702. The fraction of sp³-hybridized carbons (Fsp3) is 0.556. The second-order valence-corrected chi connectivity index (χ2v) is 3.51. The molecule has 0 unspecified atom stereocenters. The Morgan fingerprint density at radius 2 is 2.57 bits per heavy atom. The maximum Gasteiger partial charge on any atom is 0.226 e. The lowest BCUT2D eigenvalue weighted by molar-refractivity contribution is -0.126. The molecule has 1 saturated heterocycles. The van der Waals surface area contributed by atoms with Crippen LogP contribution in [-0.2, 0) is 11.3 Å². The minimum Gasteiger partial charge on any atom is -0.359 e. The highest BCUT2D eigenvalue weighted by molar-refractivity contribution is 5.79. The van der Waals surface area contributed by atoms with Gasteiger partial charge in [0.25, 0.3) is 0 Å². The molecular weight excluding hydrogens is 182 g/mol. The first-order chi connectivity index (χ1) is 6.75. The van der Waals surface area contributed by atoms with Crippen LogP contribution in [0.5, 0.6) is 0 Å². The molecule has 0 saturated carbocycles. The minimum absolute atomic E-state index is 0.0813. The average molecular weight is 195 g/mol. The number of rotatable bonds is 3. The van der Waals surface area contributed by atoms with E-state index in [1.807, 2.05) is 13.0 Å². The van der Waals surface area contributed by atoms with Crippen LogP contribution in [0.2, 0.25) is 0 Å². The Morgan fingerprint density at radius 1 is 1.79 bits per heavy atom. The lowest BCUT2D eigenvalue weighted by Crippen LogP contribution is -2.50. The van der Waals surface area contributed by atoms with Crippen molar-refractivity contribution in [3.8, 4) is 0 Å². The number of aryl methyl sites for hydroxylation is 1. The fourth-order valence-corrected chi connectivity index (χ4v) is 1.29. The van der Waals surface area contributed by atoms with E-state index in [-0.39, 0.29) is 11.8 Å². The van der Waals surface area contributed by atoms with Crippen molar-refractivity contribution in [3.05, 3.63) is 17.5 Å². The molecule has 0 spiro atoms. The minimum atomic E-state index is 0.0813. The lowest BCUT2D eigenvalue weighted by atomic mass is 10.0. The van der Waals surface area contributed by atoms with Gasteiger partial charge in [-0.3, -0.25) is 4.79 Å². The van der Waals surface area contributed by atoms with Gasteiger partial charge in [-0.25, -0.2) is 0 Å². The molecule has 1 aliphatic heterocycles. The van der Waals surface area contributed by atoms with Gasteiger partial charge in [0.15, 0.2) is 5.76 Å². The molecule has 1 amide bonds. The average Bonchev–Trinajstić information content (AvgIpc) is 2.45. The monoisotopic (exact) mass is 195 g/mol. The first-order valence-electron chi connectivity index (χ1n) is 4.66. The van der Waals surface area contributed by atoms with Gasteiger partial charge in [-0.2, -0.15) is 0 Å². The maximum atomic E-state index is 11.4. The summed E-state index contributed by atoms with van der Waals surface area (Å²) in [4.78, 5) is 11.4. The zero-order valence-electron chi connectivity index (χ0n) is 8.04. The Balaban J connectivity index is 1.79. The molecule has 2 rings (SSSR count). The van der Waals surface area contributed by atoms with Crippen LogP contribution in [0.1, 0.15) is 11.5 Å². The topological polar surface area (TPSA) is 67.2 Å². The third-order valence-electron chi connectivity index (χ3n) is 2.27. The first-order valence-corrected chi connectivity index (χ1v) is 4.66. The van der Waals surface area contributed by atoms with Crippen LogP contribution in [0.15, 0.2) is 10.6 Å². The fourth-order valence-electron chi connectivity index (χ4n) is 1.29. The van der Waals surface area contributed by atoms with E-state index < -0.39 is 0 Å². The molecule has 1 aromatic rings. The summed E-state index contributed by atoms with van der Waals surface area (Å²) in [6.07, 6.45) is 0. The third kappa shape index (κ3) is 1.93. The van der Waals surface area contributed by atoms with Crippen LogP contribution in [0.3, 0.4) is 0 Å². The van der Waals surface area contributed by atoms with Gasteiger partial charge < -0.3 is 15.2 Å². The van der Waals surface area contributed by atoms with Crippen molar-refractivity contribution in [2.75, 3.05) is 13.1 Å². The van der Waals surface area contributed by atoms with Gasteiger partial charge in [0, 0.05) is 19.2 Å². The van der Waals surface area contributed by atoms with E-state index in [9.17, 15) is 4.79 Å². The number of carbonyl (C=O) groups is 1. The predicted octanol–water partition coefficient (Wildman–Crippen LogP) is -0.181. The normalized spacial score (nSPS) is 16.4. The Bertz CT molecular complexity index is 331. The molecule has 5 nitrogen and oxygen atoms in total. The van der Waals surface area contributed by atoms with Gasteiger partial charge in [0.05, 0.1) is 18.2 Å².